The van der Waals surface area contributed by atoms with Crippen LogP contribution in [0.15, 0.2) is 36.5 Å². The Morgan fingerprint density at radius 3 is 2.75 bits per heavy atom. The van der Waals surface area contributed by atoms with Crippen molar-refractivity contribution in [3.05, 3.63) is 48.0 Å². The van der Waals surface area contributed by atoms with Crippen LogP contribution in [-0.4, -0.2) is 59.9 Å². The van der Waals surface area contributed by atoms with Gasteiger partial charge in [0.1, 0.15) is 12.4 Å². The van der Waals surface area contributed by atoms with Crippen LogP contribution >= 0.6 is 0 Å². The minimum atomic E-state index is -0.224. The predicted molar refractivity (Wildman–Crippen MR) is 107 cm³/mol. The summed E-state index contributed by atoms with van der Waals surface area (Å²) in [5, 5.41) is 7.85. The fourth-order valence-corrected chi connectivity index (χ4v) is 4.23. The van der Waals surface area contributed by atoms with Crippen LogP contribution in [0.1, 0.15) is 30.9 Å². The monoisotopic (exact) mass is 385 g/mol. The maximum Gasteiger partial charge on any atom is 0.244 e. The minimum absolute atomic E-state index is 0.120. The van der Waals surface area contributed by atoms with Gasteiger partial charge in [-0.05, 0) is 56.1 Å². The van der Waals surface area contributed by atoms with Gasteiger partial charge >= 0.3 is 0 Å². The molecule has 28 heavy (non-hydrogen) atoms. The van der Waals surface area contributed by atoms with E-state index in [0.717, 1.165) is 63.4 Å². The molecule has 1 amide bonds. The second kappa shape index (κ2) is 8.73. The van der Waals surface area contributed by atoms with Gasteiger partial charge in [-0.2, -0.15) is 5.10 Å². The topological polar surface area (TPSA) is 53.4 Å². The van der Waals surface area contributed by atoms with Crippen LogP contribution in [0.25, 0.3) is 0 Å². The summed E-state index contributed by atoms with van der Waals surface area (Å²) >= 11 is 0. The van der Waals surface area contributed by atoms with Crippen LogP contribution in [0.3, 0.4) is 0 Å². The lowest BCUT2D eigenvalue weighted by molar-refractivity contribution is -0.131. The molecule has 0 aliphatic carbocycles. The van der Waals surface area contributed by atoms with Gasteiger partial charge in [-0.3, -0.25) is 9.48 Å². The maximum absolute atomic E-state index is 13.2. The Kier molecular flexibility index (Phi) is 5.90. The van der Waals surface area contributed by atoms with Gasteiger partial charge in [0.15, 0.2) is 0 Å². The standard InChI is InChI=1S/C21H28FN5O/c22-18-4-6-19(7-5-18)25-11-2-12-26(14-13-25)21(28)16-27-20(8-10-24-27)17-3-1-9-23-15-17/h4-8,10,17,23H,1-3,9,11-16H2/t17-/m0/s1. The van der Waals surface area contributed by atoms with Crippen LogP contribution in [0.4, 0.5) is 10.1 Å². The number of carbonyl (C=O) groups is 1. The van der Waals surface area contributed by atoms with Crippen molar-refractivity contribution in [3.63, 3.8) is 0 Å². The minimum Gasteiger partial charge on any atom is -0.370 e. The molecule has 1 atom stereocenters. The number of anilines is 1. The highest BCUT2D eigenvalue weighted by atomic mass is 19.1. The van der Waals surface area contributed by atoms with Crippen molar-refractivity contribution in [2.75, 3.05) is 44.2 Å². The first-order valence-electron chi connectivity index (χ1n) is 10.2. The fourth-order valence-electron chi connectivity index (χ4n) is 4.23. The molecule has 2 aromatic rings. The summed E-state index contributed by atoms with van der Waals surface area (Å²) < 4.78 is 15.0. The third-order valence-corrected chi connectivity index (χ3v) is 5.79. The first-order chi connectivity index (χ1) is 13.7. The highest BCUT2D eigenvalue weighted by Gasteiger charge is 2.23. The molecule has 0 saturated carbocycles. The molecule has 2 aliphatic rings. The zero-order valence-electron chi connectivity index (χ0n) is 16.2. The summed E-state index contributed by atoms with van der Waals surface area (Å²) in [7, 11) is 0. The summed E-state index contributed by atoms with van der Waals surface area (Å²) in [4.78, 5) is 17.1. The van der Waals surface area contributed by atoms with Crippen molar-refractivity contribution in [2.45, 2.75) is 31.7 Å². The molecular weight excluding hydrogens is 357 g/mol. The lowest BCUT2D eigenvalue weighted by atomic mass is 9.96. The van der Waals surface area contributed by atoms with E-state index >= 15 is 0 Å². The van der Waals surface area contributed by atoms with E-state index in [-0.39, 0.29) is 11.7 Å². The highest BCUT2D eigenvalue weighted by molar-refractivity contribution is 5.76. The lowest BCUT2D eigenvalue weighted by Crippen LogP contribution is -2.38. The van der Waals surface area contributed by atoms with Gasteiger partial charge < -0.3 is 15.1 Å². The second-order valence-electron chi connectivity index (χ2n) is 7.65. The molecule has 2 fully saturated rings. The Bertz CT molecular complexity index is 784. The second-order valence-corrected chi connectivity index (χ2v) is 7.65. The van der Waals surface area contributed by atoms with Gasteiger partial charge in [-0.15, -0.1) is 0 Å². The van der Waals surface area contributed by atoms with E-state index in [0.29, 0.717) is 19.0 Å². The average molecular weight is 385 g/mol. The van der Waals surface area contributed by atoms with Crippen molar-refractivity contribution in [1.82, 2.24) is 20.0 Å². The molecule has 4 rings (SSSR count). The molecule has 3 heterocycles. The number of carbonyl (C=O) groups excluding carboxylic acids is 1. The van der Waals surface area contributed by atoms with Crippen molar-refractivity contribution in [3.8, 4) is 0 Å². The predicted octanol–water partition coefficient (Wildman–Crippen LogP) is 2.23. The maximum atomic E-state index is 13.2. The zero-order chi connectivity index (χ0) is 19.3. The smallest absolute Gasteiger partial charge is 0.244 e. The number of aromatic nitrogens is 2. The number of amides is 1. The van der Waals surface area contributed by atoms with Crippen molar-refractivity contribution in [2.24, 2.45) is 0 Å². The Labute approximate surface area is 165 Å². The number of nitrogens with one attached hydrogen (secondary N) is 1. The number of nitrogens with zero attached hydrogens (tertiary/aromatic N) is 4. The highest BCUT2D eigenvalue weighted by Crippen LogP contribution is 2.23. The molecular formula is C21H28FN5O. The molecule has 0 bridgehead atoms. The first-order valence-corrected chi connectivity index (χ1v) is 10.2. The molecule has 1 aromatic carbocycles. The molecule has 6 nitrogen and oxygen atoms in total. The van der Waals surface area contributed by atoms with Gasteiger partial charge in [0.05, 0.1) is 0 Å². The zero-order valence-corrected chi connectivity index (χ0v) is 16.2. The van der Waals surface area contributed by atoms with Gasteiger partial charge in [-0.25, -0.2) is 4.39 Å². The Hall–Kier alpha value is -2.41. The summed E-state index contributed by atoms with van der Waals surface area (Å²) in [6, 6.07) is 8.64. The number of hydrogen-bond acceptors (Lipinski definition) is 4. The number of benzene rings is 1. The number of piperidine rings is 1. The molecule has 0 radical (unpaired) electrons. The quantitative estimate of drug-likeness (QED) is 0.877. The molecule has 7 heteroatoms. The number of hydrogen-bond donors (Lipinski definition) is 1. The summed E-state index contributed by atoms with van der Waals surface area (Å²) in [6.07, 6.45) is 5.01. The van der Waals surface area contributed by atoms with Crippen LogP contribution in [0.5, 0.6) is 0 Å². The largest absolute Gasteiger partial charge is 0.370 e. The lowest BCUT2D eigenvalue weighted by Gasteiger charge is -2.25. The fraction of sp³-hybridized carbons (Fsp3) is 0.524. The molecule has 2 aliphatic heterocycles. The number of rotatable bonds is 4. The third kappa shape index (κ3) is 4.35. The van der Waals surface area contributed by atoms with Gasteiger partial charge in [0.2, 0.25) is 5.91 Å². The van der Waals surface area contributed by atoms with Crippen molar-refractivity contribution >= 4 is 11.6 Å². The normalized spacial score (nSPS) is 20.8. The first kappa shape index (κ1) is 18.9. The van der Waals surface area contributed by atoms with Crippen LogP contribution in [-0.2, 0) is 11.3 Å². The van der Waals surface area contributed by atoms with Crippen LogP contribution in [0, 0.1) is 5.82 Å². The average Bonchev–Trinajstić information content (AvgIpc) is 3.03. The summed E-state index contributed by atoms with van der Waals surface area (Å²) in [5.74, 6) is 0.329. The Morgan fingerprint density at radius 1 is 1.11 bits per heavy atom. The van der Waals surface area contributed by atoms with Crippen LogP contribution in [0.2, 0.25) is 0 Å². The molecule has 0 spiro atoms. The molecule has 1 N–H and O–H groups in total. The molecule has 2 saturated heterocycles. The van der Waals surface area contributed by atoms with Gasteiger partial charge in [0, 0.05) is 56.2 Å². The van der Waals surface area contributed by atoms with E-state index in [1.807, 2.05) is 15.6 Å². The summed E-state index contributed by atoms with van der Waals surface area (Å²) in [5.41, 5.74) is 2.16. The molecule has 1 aromatic heterocycles. The van der Waals surface area contributed by atoms with Crippen LogP contribution < -0.4 is 10.2 Å². The Morgan fingerprint density at radius 2 is 1.96 bits per heavy atom. The Balaban J connectivity index is 1.37. The number of halogens is 1. The van der Waals surface area contributed by atoms with Gasteiger partial charge in [0.25, 0.3) is 0 Å². The van der Waals surface area contributed by atoms with E-state index in [9.17, 15) is 9.18 Å². The van der Waals surface area contributed by atoms with E-state index < -0.39 is 0 Å². The third-order valence-electron chi connectivity index (χ3n) is 5.79. The van der Waals surface area contributed by atoms with E-state index in [4.69, 9.17) is 0 Å². The van der Waals surface area contributed by atoms with E-state index in [2.05, 4.69) is 15.3 Å². The van der Waals surface area contributed by atoms with E-state index in [1.165, 1.54) is 12.1 Å². The summed E-state index contributed by atoms with van der Waals surface area (Å²) in [6.45, 7) is 5.38. The van der Waals surface area contributed by atoms with E-state index in [1.54, 1.807) is 18.3 Å². The molecule has 0 unspecified atom stereocenters. The van der Waals surface area contributed by atoms with Gasteiger partial charge in [-0.1, -0.05) is 0 Å². The SMILES string of the molecule is O=C(Cn1nccc1[C@H]1CCCNC1)N1CCCN(c2ccc(F)cc2)CC1. The van der Waals surface area contributed by atoms with Crippen molar-refractivity contribution in [1.29, 1.82) is 0 Å². The molecule has 150 valence electrons. The van der Waals surface area contributed by atoms with Crippen molar-refractivity contribution < 1.29 is 9.18 Å².